The maximum Gasteiger partial charge on any atom is 0.213 e. The van der Waals surface area contributed by atoms with E-state index in [1.54, 1.807) is 0 Å². The molecule has 118 valence electrons. The molecule has 0 atom stereocenters. The second-order valence-electron chi connectivity index (χ2n) is 5.55. The van der Waals surface area contributed by atoms with Crippen LogP contribution in [0, 0.1) is 6.92 Å². The second-order valence-corrected chi connectivity index (χ2v) is 5.99. The summed E-state index contributed by atoms with van der Waals surface area (Å²) in [5.41, 5.74) is 4.19. The zero-order valence-electron chi connectivity index (χ0n) is 13.3. The van der Waals surface area contributed by atoms with Crippen molar-refractivity contribution >= 4 is 33.9 Å². The molecule has 4 heteroatoms. The highest BCUT2D eigenvalue weighted by atomic mass is 35.5. The molecule has 2 N–H and O–H groups in total. The summed E-state index contributed by atoms with van der Waals surface area (Å²) >= 11 is 6.14. The molecular weight excluding hydrogens is 308 g/mol. The molecule has 1 aromatic heterocycles. The fraction of sp³-hybridized carbons (Fsp3) is 0.211. The zero-order chi connectivity index (χ0) is 16.2. The average molecular weight is 328 g/mol. The van der Waals surface area contributed by atoms with E-state index in [1.165, 1.54) is 0 Å². The normalized spacial score (nSPS) is 10.7. The average Bonchev–Trinajstić information content (AvgIpc) is 2.55. The molecule has 0 bridgehead atoms. The van der Waals surface area contributed by atoms with Gasteiger partial charge in [0.2, 0.25) is 5.52 Å². The van der Waals surface area contributed by atoms with Gasteiger partial charge in [-0.1, -0.05) is 18.5 Å². The number of halogens is 1. The lowest BCUT2D eigenvalue weighted by Crippen LogP contribution is -2.09. The molecule has 0 amide bonds. The van der Waals surface area contributed by atoms with E-state index < -0.39 is 0 Å². The summed E-state index contributed by atoms with van der Waals surface area (Å²) in [7, 11) is 0. The van der Waals surface area contributed by atoms with Crippen LogP contribution in [0.3, 0.4) is 0 Å². The van der Waals surface area contributed by atoms with Crippen molar-refractivity contribution in [2.24, 2.45) is 0 Å². The number of nitrogens with one attached hydrogen (secondary N) is 2. The highest BCUT2D eigenvalue weighted by Crippen LogP contribution is 2.28. The lowest BCUT2D eigenvalue weighted by Gasteiger charge is -2.10. The number of aryl methyl sites for hydroxylation is 1. The van der Waals surface area contributed by atoms with Gasteiger partial charge in [-0.05, 0) is 42.8 Å². The molecule has 0 saturated carbocycles. The fourth-order valence-corrected chi connectivity index (χ4v) is 2.68. The first-order valence-corrected chi connectivity index (χ1v) is 8.15. The minimum Gasteiger partial charge on any atom is -0.494 e. The maximum atomic E-state index is 6.14. The lowest BCUT2D eigenvalue weighted by molar-refractivity contribution is -0.354. The summed E-state index contributed by atoms with van der Waals surface area (Å²) in [6, 6.07) is 15.9. The van der Waals surface area contributed by atoms with Crippen molar-refractivity contribution < 1.29 is 9.72 Å². The van der Waals surface area contributed by atoms with Gasteiger partial charge in [-0.25, -0.2) is 4.98 Å². The van der Waals surface area contributed by atoms with Crippen LogP contribution >= 0.6 is 11.6 Å². The number of hydrogen-bond donors (Lipinski definition) is 1. The molecular formula is C19H20ClN2O+. The van der Waals surface area contributed by atoms with Crippen LogP contribution in [0.1, 0.15) is 19.0 Å². The van der Waals surface area contributed by atoms with Crippen LogP contribution in [0.15, 0.2) is 48.5 Å². The first-order valence-electron chi connectivity index (χ1n) is 7.78. The van der Waals surface area contributed by atoms with Gasteiger partial charge < -0.3 is 10.1 Å². The van der Waals surface area contributed by atoms with E-state index >= 15 is 0 Å². The van der Waals surface area contributed by atoms with Gasteiger partial charge in [0.15, 0.2) is 5.69 Å². The number of benzene rings is 2. The second kappa shape index (κ2) is 6.88. The van der Waals surface area contributed by atoms with Crippen LogP contribution < -0.4 is 15.0 Å². The highest BCUT2D eigenvalue weighted by Gasteiger charge is 2.10. The molecule has 3 nitrogen and oxygen atoms in total. The third-order valence-electron chi connectivity index (χ3n) is 3.57. The number of rotatable bonds is 5. The largest absolute Gasteiger partial charge is 0.494 e. The van der Waals surface area contributed by atoms with Crippen molar-refractivity contribution in [3.8, 4) is 5.75 Å². The number of aromatic nitrogens is 1. The molecule has 0 radical (unpaired) electrons. The van der Waals surface area contributed by atoms with Crippen LogP contribution in [0.2, 0.25) is 5.02 Å². The zero-order valence-corrected chi connectivity index (χ0v) is 14.1. The first-order chi connectivity index (χ1) is 11.2. The van der Waals surface area contributed by atoms with Crippen molar-refractivity contribution in [3.05, 3.63) is 59.2 Å². The Labute approximate surface area is 141 Å². The summed E-state index contributed by atoms with van der Waals surface area (Å²) in [6.45, 7) is 4.88. The third kappa shape index (κ3) is 3.74. The van der Waals surface area contributed by atoms with Crippen LogP contribution in [0.25, 0.3) is 10.9 Å². The molecule has 2 aromatic carbocycles. The van der Waals surface area contributed by atoms with Gasteiger partial charge in [0, 0.05) is 29.8 Å². The van der Waals surface area contributed by atoms with E-state index in [-0.39, 0.29) is 0 Å². The predicted octanol–water partition coefficient (Wildman–Crippen LogP) is 5.15. The fourth-order valence-electron chi connectivity index (χ4n) is 2.50. The van der Waals surface area contributed by atoms with Crippen molar-refractivity contribution in [2.75, 3.05) is 11.9 Å². The Hall–Kier alpha value is -2.26. The number of pyridine rings is 1. The molecule has 1 heterocycles. The molecule has 0 aliphatic heterocycles. The van der Waals surface area contributed by atoms with E-state index in [9.17, 15) is 0 Å². The molecule has 3 aromatic rings. The number of anilines is 2. The van der Waals surface area contributed by atoms with Crippen molar-refractivity contribution in [3.63, 3.8) is 0 Å². The van der Waals surface area contributed by atoms with Gasteiger partial charge >= 0.3 is 0 Å². The Morgan fingerprint density at radius 3 is 2.61 bits per heavy atom. The molecule has 0 spiro atoms. The van der Waals surface area contributed by atoms with E-state index in [0.29, 0.717) is 0 Å². The summed E-state index contributed by atoms with van der Waals surface area (Å²) in [6.07, 6.45) is 1.01. The maximum absolute atomic E-state index is 6.14. The number of aromatic amines is 1. The summed E-state index contributed by atoms with van der Waals surface area (Å²) in [5, 5.41) is 5.25. The highest BCUT2D eigenvalue weighted by molar-refractivity contribution is 6.31. The SMILES string of the molecule is CCCOc1ccc(Nc2cc(C)[nH+]c3ccc(Cl)cc23)cc1. The summed E-state index contributed by atoms with van der Waals surface area (Å²) in [4.78, 5) is 3.36. The molecule has 3 rings (SSSR count). The molecule has 0 unspecified atom stereocenters. The third-order valence-corrected chi connectivity index (χ3v) is 3.81. The van der Waals surface area contributed by atoms with Gasteiger partial charge in [-0.15, -0.1) is 0 Å². The van der Waals surface area contributed by atoms with E-state index in [1.807, 2.05) is 49.4 Å². The molecule has 0 aliphatic rings. The van der Waals surface area contributed by atoms with Gasteiger partial charge in [-0.3, -0.25) is 0 Å². The van der Waals surface area contributed by atoms with Crippen LogP contribution in [0.4, 0.5) is 11.4 Å². The number of ether oxygens (including phenoxy) is 1. The minimum atomic E-state index is 0.723. The van der Waals surface area contributed by atoms with Crippen molar-refractivity contribution in [1.82, 2.24) is 0 Å². The number of H-pyrrole nitrogens is 1. The van der Waals surface area contributed by atoms with E-state index in [4.69, 9.17) is 16.3 Å². The summed E-state index contributed by atoms with van der Waals surface area (Å²) < 4.78 is 5.62. The van der Waals surface area contributed by atoms with Gasteiger partial charge in [-0.2, -0.15) is 0 Å². The van der Waals surface area contributed by atoms with Gasteiger partial charge in [0.25, 0.3) is 0 Å². The Balaban J connectivity index is 1.90. The Kier molecular flexibility index (Phi) is 4.68. The van der Waals surface area contributed by atoms with Gasteiger partial charge in [0.1, 0.15) is 5.75 Å². The first kappa shape index (κ1) is 15.6. The van der Waals surface area contributed by atoms with E-state index in [2.05, 4.69) is 23.3 Å². The quantitative estimate of drug-likeness (QED) is 0.703. The Morgan fingerprint density at radius 1 is 1.09 bits per heavy atom. The van der Waals surface area contributed by atoms with Crippen molar-refractivity contribution in [2.45, 2.75) is 20.3 Å². The topological polar surface area (TPSA) is 35.4 Å². The number of fused-ring (bicyclic) bond motifs is 1. The van der Waals surface area contributed by atoms with Crippen LogP contribution in [-0.2, 0) is 0 Å². The lowest BCUT2D eigenvalue weighted by atomic mass is 10.1. The van der Waals surface area contributed by atoms with Crippen LogP contribution in [0.5, 0.6) is 5.75 Å². The molecule has 0 saturated heterocycles. The smallest absolute Gasteiger partial charge is 0.213 e. The molecule has 0 aliphatic carbocycles. The summed E-state index contributed by atoms with van der Waals surface area (Å²) in [5.74, 6) is 0.892. The van der Waals surface area contributed by atoms with Crippen molar-refractivity contribution in [1.29, 1.82) is 0 Å². The number of hydrogen-bond acceptors (Lipinski definition) is 2. The standard InChI is InChI=1S/C19H19ClN2O/c1-3-10-23-16-7-5-15(6-8-16)22-19-11-13(2)21-18-9-4-14(20)12-17(18)19/h4-9,11-12H,3,10H2,1-2H3,(H,21,22)/p+1. The molecule has 0 fully saturated rings. The van der Waals surface area contributed by atoms with E-state index in [0.717, 1.165) is 51.8 Å². The van der Waals surface area contributed by atoms with Gasteiger partial charge in [0.05, 0.1) is 17.7 Å². The Bertz CT molecular complexity index is 815. The predicted molar refractivity (Wildman–Crippen MR) is 95.8 cm³/mol. The molecule has 23 heavy (non-hydrogen) atoms. The minimum absolute atomic E-state index is 0.723. The van der Waals surface area contributed by atoms with Crippen LogP contribution in [-0.4, -0.2) is 6.61 Å². The monoisotopic (exact) mass is 327 g/mol. The Morgan fingerprint density at radius 2 is 1.87 bits per heavy atom.